The molecule has 18 heavy (non-hydrogen) atoms. The fourth-order valence-corrected chi connectivity index (χ4v) is 2.84. The van der Waals surface area contributed by atoms with Crippen LogP contribution in [-0.2, 0) is 6.42 Å². The van der Waals surface area contributed by atoms with Gasteiger partial charge in [0.25, 0.3) is 0 Å². The van der Waals surface area contributed by atoms with Gasteiger partial charge in [0, 0.05) is 17.5 Å². The minimum absolute atomic E-state index is 0.198. The molecule has 0 aliphatic heterocycles. The van der Waals surface area contributed by atoms with Crippen molar-refractivity contribution in [1.82, 2.24) is 10.2 Å². The van der Waals surface area contributed by atoms with Crippen LogP contribution in [-0.4, -0.2) is 28.4 Å². The molecule has 0 atom stereocenters. The Morgan fingerprint density at radius 1 is 1.56 bits per heavy atom. The number of ether oxygens (including phenoxy) is 1. The van der Waals surface area contributed by atoms with Crippen LogP contribution in [0.4, 0.5) is 0 Å². The lowest BCUT2D eigenvalue weighted by atomic mass is 10.0. The van der Waals surface area contributed by atoms with Crippen molar-refractivity contribution in [2.75, 3.05) is 7.11 Å². The topological polar surface area (TPSA) is 75.2 Å². The molecule has 0 radical (unpaired) electrons. The van der Waals surface area contributed by atoms with E-state index in [0.717, 1.165) is 26.1 Å². The van der Waals surface area contributed by atoms with Gasteiger partial charge in [0.05, 0.1) is 12.8 Å². The van der Waals surface area contributed by atoms with Gasteiger partial charge < -0.3 is 9.84 Å². The average molecular weight is 356 g/mol. The van der Waals surface area contributed by atoms with Crippen LogP contribution >= 0.6 is 22.6 Å². The number of aromatic carboxylic acids is 1. The van der Waals surface area contributed by atoms with E-state index in [1.165, 1.54) is 7.11 Å². The number of hydrogen-bond donors (Lipinski definition) is 2. The van der Waals surface area contributed by atoms with Crippen molar-refractivity contribution in [2.45, 2.75) is 6.42 Å². The largest absolute Gasteiger partial charge is 0.496 e. The normalized spacial score (nSPS) is 12.1. The number of carboxylic acids is 1. The zero-order valence-corrected chi connectivity index (χ0v) is 11.6. The van der Waals surface area contributed by atoms with Gasteiger partial charge >= 0.3 is 5.97 Å². The van der Waals surface area contributed by atoms with Crippen LogP contribution < -0.4 is 4.74 Å². The Bertz CT molecular complexity index is 664. The SMILES string of the molecule is COc1cc2c(cc1C(=O)O)Cc1c(I)n[nH]c1-2. The van der Waals surface area contributed by atoms with Gasteiger partial charge in [0.2, 0.25) is 0 Å². The number of aromatic nitrogens is 2. The van der Waals surface area contributed by atoms with E-state index in [1.807, 2.05) is 0 Å². The molecule has 0 unspecified atom stereocenters. The van der Waals surface area contributed by atoms with Crippen LogP contribution in [0.5, 0.6) is 5.75 Å². The van der Waals surface area contributed by atoms with Gasteiger partial charge in [0.15, 0.2) is 0 Å². The first kappa shape index (κ1) is 11.5. The van der Waals surface area contributed by atoms with Crippen molar-refractivity contribution < 1.29 is 14.6 Å². The number of carboxylic acid groups (broad SMARTS) is 1. The van der Waals surface area contributed by atoms with Crippen molar-refractivity contribution in [3.05, 3.63) is 32.5 Å². The Balaban J connectivity index is 2.22. The zero-order valence-electron chi connectivity index (χ0n) is 9.45. The molecule has 0 saturated carbocycles. The number of rotatable bonds is 2. The number of H-pyrrole nitrogens is 1. The van der Waals surface area contributed by atoms with Crippen LogP contribution in [0, 0.1) is 3.70 Å². The zero-order chi connectivity index (χ0) is 12.9. The van der Waals surface area contributed by atoms with Crippen molar-refractivity contribution >= 4 is 28.6 Å². The molecule has 92 valence electrons. The second kappa shape index (κ2) is 3.98. The van der Waals surface area contributed by atoms with E-state index >= 15 is 0 Å². The number of fused-ring (bicyclic) bond motifs is 3. The first-order chi connectivity index (χ1) is 8.61. The summed E-state index contributed by atoms with van der Waals surface area (Å²) in [6.07, 6.45) is 0.712. The Morgan fingerprint density at radius 2 is 2.33 bits per heavy atom. The lowest BCUT2D eigenvalue weighted by Crippen LogP contribution is -2.02. The maximum Gasteiger partial charge on any atom is 0.339 e. The second-order valence-electron chi connectivity index (χ2n) is 4.06. The molecule has 2 aromatic rings. The predicted octanol–water partition coefficient (Wildman–Crippen LogP) is 2.29. The minimum Gasteiger partial charge on any atom is -0.496 e. The van der Waals surface area contributed by atoms with E-state index in [4.69, 9.17) is 9.84 Å². The third-order valence-corrected chi connectivity index (χ3v) is 4.00. The smallest absolute Gasteiger partial charge is 0.339 e. The molecule has 5 nitrogen and oxygen atoms in total. The van der Waals surface area contributed by atoms with Gasteiger partial charge in [-0.05, 0) is 40.3 Å². The Morgan fingerprint density at radius 3 is 3.00 bits per heavy atom. The van der Waals surface area contributed by atoms with Crippen LogP contribution in [0.15, 0.2) is 12.1 Å². The molecule has 1 aromatic carbocycles. The van der Waals surface area contributed by atoms with Crippen LogP contribution in [0.3, 0.4) is 0 Å². The van der Waals surface area contributed by atoms with Gasteiger partial charge in [-0.1, -0.05) is 0 Å². The Labute approximate surface area is 116 Å². The third kappa shape index (κ3) is 1.52. The molecule has 1 aromatic heterocycles. The van der Waals surface area contributed by atoms with Crippen LogP contribution in [0.1, 0.15) is 21.5 Å². The molecule has 0 bridgehead atoms. The van der Waals surface area contributed by atoms with E-state index in [-0.39, 0.29) is 5.56 Å². The summed E-state index contributed by atoms with van der Waals surface area (Å²) in [5, 5.41) is 16.3. The molecule has 0 spiro atoms. The van der Waals surface area contributed by atoms with Crippen LogP contribution in [0.25, 0.3) is 11.3 Å². The summed E-state index contributed by atoms with van der Waals surface area (Å²) < 4.78 is 6.06. The van der Waals surface area contributed by atoms with Crippen molar-refractivity contribution in [3.63, 3.8) is 0 Å². The molecule has 6 heteroatoms. The molecular weight excluding hydrogens is 347 g/mol. The molecule has 0 amide bonds. The van der Waals surface area contributed by atoms with Gasteiger partial charge in [-0.3, -0.25) is 5.10 Å². The van der Waals surface area contributed by atoms with Gasteiger partial charge in [-0.25, -0.2) is 4.79 Å². The van der Waals surface area contributed by atoms with Crippen molar-refractivity contribution in [1.29, 1.82) is 0 Å². The van der Waals surface area contributed by atoms with Crippen molar-refractivity contribution in [2.24, 2.45) is 0 Å². The molecule has 1 aliphatic rings. The fraction of sp³-hybridized carbons (Fsp3) is 0.167. The maximum atomic E-state index is 11.2. The monoisotopic (exact) mass is 356 g/mol. The lowest BCUT2D eigenvalue weighted by molar-refractivity contribution is 0.0693. The summed E-state index contributed by atoms with van der Waals surface area (Å²) >= 11 is 2.17. The quantitative estimate of drug-likeness (QED) is 0.691. The highest BCUT2D eigenvalue weighted by molar-refractivity contribution is 14.1. The minimum atomic E-state index is -0.974. The van der Waals surface area contributed by atoms with Crippen molar-refractivity contribution in [3.8, 4) is 17.0 Å². The first-order valence-electron chi connectivity index (χ1n) is 5.29. The number of benzene rings is 1. The Kier molecular flexibility index (Phi) is 2.54. The molecule has 3 rings (SSSR count). The molecule has 1 aliphatic carbocycles. The number of methoxy groups -OCH3 is 1. The van der Waals surface area contributed by atoms with Gasteiger partial charge in [0.1, 0.15) is 15.0 Å². The summed E-state index contributed by atoms with van der Waals surface area (Å²) in [5.41, 5.74) is 4.25. The van der Waals surface area contributed by atoms with E-state index in [9.17, 15) is 4.79 Å². The second-order valence-corrected chi connectivity index (χ2v) is 5.08. The number of aromatic amines is 1. The fourth-order valence-electron chi connectivity index (χ4n) is 2.26. The van der Waals surface area contributed by atoms with E-state index in [2.05, 4.69) is 32.8 Å². The predicted molar refractivity (Wildman–Crippen MR) is 73.1 cm³/mol. The summed E-state index contributed by atoms with van der Waals surface area (Å²) in [5.74, 6) is -0.600. The molecular formula is C12H9IN2O3. The summed E-state index contributed by atoms with van der Waals surface area (Å²) in [6.45, 7) is 0. The third-order valence-electron chi connectivity index (χ3n) is 3.11. The van der Waals surface area contributed by atoms with E-state index in [1.54, 1.807) is 12.1 Å². The highest BCUT2D eigenvalue weighted by Crippen LogP contribution is 2.40. The molecule has 0 saturated heterocycles. The van der Waals surface area contributed by atoms with Gasteiger partial charge in [-0.15, -0.1) is 0 Å². The lowest BCUT2D eigenvalue weighted by Gasteiger charge is -2.08. The summed E-state index contributed by atoms with van der Waals surface area (Å²) in [7, 11) is 1.47. The Hall–Kier alpha value is -1.57. The highest BCUT2D eigenvalue weighted by atomic mass is 127. The molecule has 2 N–H and O–H groups in total. The average Bonchev–Trinajstić information content (AvgIpc) is 2.88. The standard InChI is InChI=1S/C12H9IN2O3/c1-18-9-4-6-5(2-7(9)12(16)17)3-8-10(6)14-15-11(8)13/h2,4H,3H2,1H3,(H,14,15)(H,16,17). The number of nitrogens with zero attached hydrogens (tertiary/aromatic N) is 1. The summed E-state index contributed by atoms with van der Waals surface area (Å²) in [6, 6.07) is 3.44. The van der Waals surface area contributed by atoms with E-state index in [0.29, 0.717) is 12.2 Å². The van der Waals surface area contributed by atoms with Gasteiger partial charge in [-0.2, -0.15) is 5.10 Å². The molecule has 1 heterocycles. The number of halogens is 1. The van der Waals surface area contributed by atoms with Crippen LogP contribution in [0.2, 0.25) is 0 Å². The number of carbonyl (C=O) groups is 1. The number of nitrogens with one attached hydrogen (secondary N) is 1. The molecule has 0 fully saturated rings. The number of hydrogen-bond acceptors (Lipinski definition) is 3. The van der Waals surface area contributed by atoms with E-state index < -0.39 is 5.97 Å². The maximum absolute atomic E-state index is 11.2. The summed E-state index contributed by atoms with van der Waals surface area (Å²) in [4.78, 5) is 11.2. The first-order valence-corrected chi connectivity index (χ1v) is 6.37. The highest BCUT2D eigenvalue weighted by Gasteiger charge is 2.26.